The number of hydrogen-bond donors (Lipinski definition) is 3. The number of nitrogens with one attached hydrogen (secondary N) is 2. The van der Waals surface area contributed by atoms with Gasteiger partial charge in [-0.05, 0) is 60.7 Å². The number of carboxylic acid groups (broad SMARTS) is 1. The van der Waals surface area contributed by atoms with Crippen molar-refractivity contribution < 1.29 is 33.8 Å². The Bertz CT molecular complexity index is 1450. The number of benzene rings is 3. The number of carbonyl (C=O) groups excluding carboxylic acids is 3. The Morgan fingerprint density at radius 2 is 1.49 bits per heavy atom. The summed E-state index contributed by atoms with van der Waals surface area (Å²) in [6, 6.07) is 21.2. The molecule has 3 amide bonds. The number of likely N-dealkylation sites (N-methyl/N-ethyl adjacent to an activating group) is 1. The highest BCUT2D eigenvalue weighted by Gasteiger charge is 2.32. The van der Waals surface area contributed by atoms with Crippen molar-refractivity contribution in [2.45, 2.75) is 44.8 Å². The fourth-order valence-electron chi connectivity index (χ4n) is 5.03. The zero-order valence-electron chi connectivity index (χ0n) is 24.8. The SMILES string of the molecule is CN(C(=O)OCC1c2ccccc2-c2ccccc21)C(Cc1cccc(C(=O)NCCNC(=O)OC(C)(C)C)c1)C(=O)O. The molecule has 3 aromatic rings. The summed E-state index contributed by atoms with van der Waals surface area (Å²) in [6.45, 7) is 5.68. The van der Waals surface area contributed by atoms with E-state index in [4.69, 9.17) is 9.47 Å². The first-order valence-corrected chi connectivity index (χ1v) is 14.1. The molecule has 4 rings (SSSR count). The predicted octanol–water partition coefficient (Wildman–Crippen LogP) is 4.82. The molecule has 1 unspecified atom stereocenters. The fraction of sp³-hybridized carbons (Fsp3) is 0.333. The summed E-state index contributed by atoms with van der Waals surface area (Å²) in [5.41, 5.74) is 4.57. The highest BCUT2D eigenvalue weighted by molar-refractivity contribution is 5.94. The second-order valence-electron chi connectivity index (χ2n) is 11.4. The summed E-state index contributed by atoms with van der Waals surface area (Å²) in [6.07, 6.45) is -1.36. The Morgan fingerprint density at radius 3 is 2.09 bits per heavy atom. The predicted molar refractivity (Wildman–Crippen MR) is 161 cm³/mol. The smallest absolute Gasteiger partial charge is 0.410 e. The van der Waals surface area contributed by atoms with Gasteiger partial charge >= 0.3 is 18.2 Å². The molecule has 1 aliphatic rings. The minimum Gasteiger partial charge on any atom is -0.480 e. The highest BCUT2D eigenvalue weighted by atomic mass is 16.6. The Kier molecular flexibility index (Phi) is 9.70. The van der Waals surface area contributed by atoms with Crippen LogP contribution in [0.5, 0.6) is 0 Å². The van der Waals surface area contributed by atoms with Gasteiger partial charge in [0, 0.05) is 38.0 Å². The molecule has 0 saturated carbocycles. The maximum Gasteiger partial charge on any atom is 0.410 e. The van der Waals surface area contributed by atoms with Gasteiger partial charge in [-0.25, -0.2) is 14.4 Å². The number of alkyl carbamates (subject to hydrolysis) is 1. The first-order chi connectivity index (χ1) is 20.4. The van der Waals surface area contributed by atoms with Gasteiger partial charge in [0.1, 0.15) is 18.2 Å². The summed E-state index contributed by atoms with van der Waals surface area (Å²) in [5, 5.41) is 15.2. The van der Waals surface area contributed by atoms with E-state index in [-0.39, 0.29) is 37.9 Å². The Labute approximate surface area is 251 Å². The van der Waals surface area contributed by atoms with Crippen LogP contribution in [0, 0.1) is 0 Å². The van der Waals surface area contributed by atoms with Gasteiger partial charge in [0.15, 0.2) is 0 Å². The van der Waals surface area contributed by atoms with Gasteiger partial charge in [-0.1, -0.05) is 60.7 Å². The topological polar surface area (TPSA) is 134 Å². The number of carbonyl (C=O) groups is 4. The molecule has 43 heavy (non-hydrogen) atoms. The van der Waals surface area contributed by atoms with Crippen LogP contribution in [0.2, 0.25) is 0 Å². The van der Waals surface area contributed by atoms with Gasteiger partial charge in [-0.15, -0.1) is 0 Å². The van der Waals surface area contributed by atoms with Crippen molar-refractivity contribution in [3.05, 3.63) is 95.1 Å². The van der Waals surface area contributed by atoms with Gasteiger partial charge in [0.2, 0.25) is 0 Å². The van der Waals surface area contributed by atoms with Crippen molar-refractivity contribution in [3.63, 3.8) is 0 Å². The largest absolute Gasteiger partial charge is 0.480 e. The van der Waals surface area contributed by atoms with E-state index in [1.54, 1.807) is 45.0 Å². The summed E-state index contributed by atoms with van der Waals surface area (Å²) in [4.78, 5) is 50.7. The van der Waals surface area contributed by atoms with Crippen LogP contribution in [0.25, 0.3) is 11.1 Å². The molecule has 0 spiro atoms. The number of carboxylic acids is 1. The van der Waals surface area contributed by atoms with Gasteiger partial charge in [-0.2, -0.15) is 0 Å². The quantitative estimate of drug-likeness (QED) is 0.290. The minimum absolute atomic E-state index is 0.0304. The zero-order chi connectivity index (χ0) is 31.1. The van der Waals surface area contributed by atoms with Crippen LogP contribution in [-0.4, -0.2) is 72.5 Å². The van der Waals surface area contributed by atoms with Crippen molar-refractivity contribution in [2.75, 3.05) is 26.7 Å². The average Bonchev–Trinajstić information content (AvgIpc) is 3.29. The minimum atomic E-state index is -1.22. The van der Waals surface area contributed by atoms with E-state index in [1.807, 2.05) is 48.5 Å². The highest BCUT2D eigenvalue weighted by Crippen LogP contribution is 2.44. The summed E-state index contributed by atoms with van der Waals surface area (Å²) in [7, 11) is 1.39. The lowest BCUT2D eigenvalue weighted by Gasteiger charge is -2.25. The van der Waals surface area contributed by atoms with Crippen molar-refractivity contribution in [1.29, 1.82) is 0 Å². The molecule has 0 saturated heterocycles. The van der Waals surface area contributed by atoms with Crippen LogP contribution in [0.1, 0.15) is 53.7 Å². The normalized spacial score (nSPS) is 12.8. The third-order valence-corrected chi connectivity index (χ3v) is 7.07. The number of amides is 3. The van der Waals surface area contributed by atoms with Crippen LogP contribution in [0.3, 0.4) is 0 Å². The average molecular weight is 588 g/mol. The van der Waals surface area contributed by atoms with Gasteiger partial charge in [0.05, 0.1) is 0 Å². The molecular formula is C33H37N3O7. The molecule has 226 valence electrons. The third-order valence-electron chi connectivity index (χ3n) is 7.07. The van der Waals surface area contributed by atoms with Gasteiger partial charge < -0.3 is 25.2 Å². The molecule has 10 nitrogen and oxygen atoms in total. The van der Waals surface area contributed by atoms with E-state index in [0.29, 0.717) is 11.1 Å². The number of ether oxygens (including phenoxy) is 2. The summed E-state index contributed by atoms with van der Waals surface area (Å²) >= 11 is 0. The van der Waals surface area contributed by atoms with Crippen molar-refractivity contribution in [3.8, 4) is 11.1 Å². The van der Waals surface area contributed by atoms with Crippen molar-refractivity contribution >= 4 is 24.1 Å². The molecule has 3 N–H and O–H groups in total. The van der Waals surface area contributed by atoms with Crippen LogP contribution >= 0.6 is 0 Å². The number of rotatable bonds is 10. The van der Waals surface area contributed by atoms with Crippen LogP contribution < -0.4 is 10.6 Å². The second kappa shape index (κ2) is 13.4. The van der Waals surface area contributed by atoms with Crippen molar-refractivity contribution in [2.24, 2.45) is 0 Å². The molecule has 0 aliphatic heterocycles. The number of aliphatic carboxylic acids is 1. The first kappa shape index (κ1) is 31.1. The van der Waals surface area contributed by atoms with E-state index in [1.165, 1.54) is 7.05 Å². The number of hydrogen-bond acceptors (Lipinski definition) is 6. The van der Waals surface area contributed by atoms with E-state index >= 15 is 0 Å². The van der Waals surface area contributed by atoms with E-state index in [0.717, 1.165) is 27.2 Å². The van der Waals surface area contributed by atoms with Crippen LogP contribution in [0.4, 0.5) is 9.59 Å². The molecule has 0 radical (unpaired) electrons. The Balaban J connectivity index is 1.34. The Morgan fingerprint density at radius 1 is 0.884 bits per heavy atom. The van der Waals surface area contributed by atoms with Crippen LogP contribution in [-0.2, 0) is 20.7 Å². The number of nitrogens with zero attached hydrogens (tertiary/aromatic N) is 1. The van der Waals surface area contributed by atoms with E-state index in [9.17, 15) is 24.3 Å². The molecule has 0 bridgehead atoms. The maximum atomic E-state index is 13.0. The molecule has 0 aromatic heterocycles. The third kappa shape index (κ3) is 7.91. The lowest BCUT2D eigenvalue weighted by Crippen LogP contribution is -2.44. The van der Waals surface area contributed by atoms with Gasteiger partial charge in [-0.3, -0.25) is 9.69 Å². The Hall–Kier alpha value is -4.86. The molecule has 10 heteroatoms. The summed E-state index contributed by atoms with van der Waals surface area (Å²) in [5.74, 6) is -1.73. The molecule has 1 atom stereocenters. The first-order valence-electron chi connectivity index (χ1n) is 14.1. The lowest BCUT2D eigenvalue weighted by molar-refractivity contribution is -0.142. The van der Waals surface area contributed by atoms with Gasteiger partial charge in [0.25, 0.3) is 5.91 Å². The summed E-state index contributed by atoms with van der Waals surface area (Å²) < 4.78 is 10.8. The molecule has 0 heterocycles. The number of fused-ring (bicyclic) bond motifs is 3. The molecule has 0 fully saturated rings. The molecule has 1 aliphatic carbocycles. The molecule has 3 aromatic carbocycles. The fourth-order valence-corrected chi connectivity index (χ4v) is 5.03. The van der Waals surface area contributed by atoms with Crippen LogP contribution in [0.15, 0.2) is 72.8 Å². The van der Waals surface area contributed by atoms with E-state index < -0.39 is 29.8 Å². The zero-order valence-corrected chi connectivity index (χ0v) is 24.8. The maximum absolute atomic E-state index is 13.0. The molecular weight excluding hydrogens is 550 g/mol. The lowest BCUT2D eigenvalue weighted by atomic mass is 9.98. The standard InChI is InChI=1S/C33H37N3O7/c1-33(2,3)43-31(40)35-17-16-34-29(37)22-11-9-10-21(18-22)19-28(30(38)39)36(4)32(41)42-20-27-25-14-7-5-12-23(25)24-13-6-8-15-26(24)27/h5-15,18,27-28H,16-17,19-20H2,1-4H3,(H,34,37)(H,35,40)(H,38,39). The second-order valence-corrected chi connectivity index (χ2v) is 11.4. The van der Waals surface area contributed by atoms with Crippen molar-refractivity contribution in [1.82, 2.24) is 15.5 Å². The van der Waals surface area contributed by atoms with E-state index in [2.05, 4.69) is 10.6 Å². The monoisotopic (exact) mass is 587 g/mol.